The summed E-state index contributed by atoms with van der Waals surface area (Å²) < 4.78 is 10.8. The van der Waals surface area contributed by atoms with E-state index < -0.39 is 0 Å². The number of ether oxygens (including phenoxy) is 1. The summed E-state index contributed by atoms with van der Waals surface area (Å²) in [4.78, 5) is 4.40. The lowest BCUT2D eigenvalue weighted by molar-refractivity contribution is 0.109. The second-order valence-corrected chi connectivity index (χ2v) is 4.66. The summed E-state index contributed by atoms with van der Waals surface area (Å²) in [6.45, 7) is 3.65. The van der Waals surface area contributed by atoms with E-state index in [2.05, 4.69) is 17.1 Å². The fourth-order valence-corrected chi connectivity index (χ4v) is 2.11. The van der Waals surface area contributed by atoms with Crippen LogP contribution in [0, 0.1) is 5.92 Å². The smallest absolute Gasteiger partial charge is 0.226 e. The molecule has 1 aromatic rings. The van der Waals surface area contributed by atoms with Gasteiger partial charge in [0, 0.05) is 19.4 Å². The van der Waals surface area contributed by atoms with Crippen molar-refractivity contribution in [2.75, 3.05) is 13.2 Å². The summed E-state index contributed by atoms with van der Waals surface area (Å²) >= 11 is 0. The van der Waals surface area contributed by atoms with Gasteiger partial charge in [-0.2, -0.15) is 4.98 Å². The molecule has 2 atom stereocenters. The molecular weight excluding hydrogens is 218 g/mol. The largest absolute Gasteiger partial charge is 0.378 e. The lowest BCUT2D eigenvalue weighted by atomic mass is 10.0. The molecule has 2 heterocycles. The minimum atomic E-state index is 0.275. The van der Waals surface area contributed by atoms with Gasteiger partial charge in [-0.3, -0.25) is 0 Å². The molecule has 17 heavy (non-hydrogen) atoms. The summed E-state index contributed by atoms with van der Waals surface area (Å²) in [6, 6.07) is 0. The highest BCUT2D eigenvalue weighted by Crippen LogP contribution is 2.16. The first-order chi connectivity index (χ1) is 8.31. The van der Waals surface area contributed by atoms with Gasteiger partial charge in [0.25, 0.3) is 0 Å². The Bertz CT molecular complexity index is 312. The average Bonchev–Trinajstić information content (AvgIpc) is 2.98. The van der Waals surface area contributed by atoms with Crippen molar-refractivity contribution in [3.05, 3.63) is 11.7 Å². The quantitative estimate of drug-likeness (QED) is 0.810. The van der Waals surface area contributed by atoms with Gasteiger partial charge in [0.2, 0.25) is 5.89 Å². The first-order valence-electron chi connectivity index (χ1n) is 6.45. The van der Waals surface area contributed by atoms with E-state index in [-0.39, 0.29) is 6.10 Å². The van der Waals surface area contributed by atoms with Gasteiger partial charge in [0.15, 0.2) is 5.82 Å². The van der Waals surface area contributed by atoms with Crippen molar-refractivity contribution in [3.63, 3.8) is 0 Å². The fourth-order valence-electron chi connectivity index (χ4n) is 2.11. The second kappa shape index (κ2) is 6.12. The minimum Gasteiger partial charge on any atom is -0.378 e. The summed E-state index contributed by atoms with van der Waals surface area (Å²) in [5.41, 5.74) is 5.66. The average molecular weight is 239 g/mol. The van der Waals surface area contributed by atoms with Gasteiger partial charge in [-0.25, -0.2) is 0 Å². The van der Waals surface area contributed by atoms with Crippen LogP contribution in [0.1, 0.15) is 37.9 Å². The normalized spacial score (nSPS) is 21.9. The van der Waals surface area contributed by atoms with Crippen molar-refractivity contribution < 1.29 is 9.26 Å². The van der Waals surface area contributed by atoms with Gasteiger partial charge in [-0.15, -0.1) is 0 Å². The molecule has 1 aromatic heterocycles. The Morgan fingerprint density at radius 3 is 3.06 bits per heavy atom. The van der Waals surface area contributed by atoms with Crippen LogP contribution in [0.2, 0.25) is 0 Å². The number of hydrogen-bond donors (Lipinski definition) is 1. The molecule has 1 fully saturated rings. The highest BCUT2D eigenvalue weighted by Gasteiger charge is 2.19. The van der Waals surface area contributed by atoms with Crippen molar-refractivity contribution in [2.24, 2.45) is 11.7 Å². The molecular formula is C12H21N3O2. The van der Waals surface area contributed by atoms with Gasteiger partial charge in [-0.05, 0) is 25.3 Å². The highest BCUT2D eigenvalue weighted by molar-refractivity contribution is 4.91. The van der Waals surface area contributed by atoms with E-state index in [4.69, 9.17) is 15.0 Å². The lowest BCUT2D eigenvalue weighted by Gasteiger charge is -2.07. The molecule has 2 rings (SSSR count). The predicted molar refractivity (Wildman–Crippen MR) is 63.5 cm³/mol. The Balaban J connectivity index is 1.86. The maximum atomic E-state index is 5.66. The van der Waals surface area contributed by atoms with E-state index in [1.54, 1.807) is 0 Å². The Kier molecular flexibility index (Phi) is 4.50. The molecule has 0 saturated carbocycles. The molecule has 5 nitrogen and oxygen atoms in total. The van der Waals surface area contributed by atoms with Gasteiger partial charge < -0.3 is 15.0 Å². The van der Waals surface area contributed by atoms with Crippen LogP contribution in [0.5, 0.6) is 0 Å². The first-order valence-corrected chi connectivity index (χ1v) is 6.45. The summed E-state index contributed by atoms with van der Waals surface area (Å²) in [6.07, 6.45) is 5.11. The Morgan fingerprint density at radius 2 is 2.41 bits per heavy atom. The van der Waals surface area contributed by atoms with Crippen LogP contribution in [0.25, 0.3) is 0 Å². The molecule has 96 valence electrons. The van der Waals surface area contributed by atoms with E-state index in [1.807, 2.05) is 0 Å². The second-order valence-electron chi connectivity index (χ2n) is 4.66. The number of nitrogens with two attached hydrogens (primary N) is 1. The maximum Gasteiger partial charge on any atom is 0.226 e. The van der Waals surface area contributed by atoms with E-state index in [9.17, 15) is 0 Å². The Hall–Kier alpha value is -0.940. The SMILES string of the molecule is CCC(CN)Cc1nc(CC2CCCO2)no1. The van der Waals surface area contributed by atoms with Crippen LogP contribution in [-0.2, 0) is 17.6 Å². The molecule has 1 saturated heterocycles. The third-order valence-electron chi connectivity index (χ3n) is 3.32. The first kappa shape index (κ1) is 12.5. The van der Waals surface area contributed by atoms with Crippen LogP contribution in [-0.4, -0.2) is 29.4 Å². The Labute approximate surface area is 102 Å². The van der Waals surface area contributed by atoms with E-state index >= 15 is 0 Å². The lowest BCUT2D eigenvalue weighted by Crippen LogP contribution is -2.16. The number of hydrogen-bond acceptors (Lipinski definition) is 5. The Morgan fingerprint density at radius 1 is 1.53 bits per heavy atom. The van der Waals surface area contributed by atoms with Crippen molar-refractivity contribution in [1.82, 2.24) is 10.1 Å². The van der Waals surface area contributed by atoms with Crippen LogP contribution >= 0.6 is 0 Å². The molecule has 0 amide bonds. The van der Waals surface area contributed by atoms with Gasteiger partial charge >= 0.3 is 0 Å². The third-order valence-corrected chi connectivity index (χ3v) is 3.32. The van der Waals surface area contributed by atoms with Gasteiger partial charge in [0.05, 0.1) is 6.10 Å². The molecule has 0 radical (unpaired) electrons. The zero-order valence-corrected chi connectivity index (χ0v) is 10.4. The van der Waals surface area contributed by atoms with E-state index in [0.717, 1.165) is 44.5 Å². The number of aromatic nitrogens is 2. The van der Waals surface area contributed by atoms with Crippen LogP contribution in [0.3, 0.4) is 0 Å². The standard InChI is InChI=1S/C12H21N3O2/c1-2-9(8-13)6-12-14-11(15-17-12)7-10-4-3-5-16-10/h9-10H,2-8,13H2,1H3. The molecule has 5 heteroatoms. The molecule has 2 N–H and O–H groups in total. The van der Waals surface area contributed by atoms with Crippen LogP contribution in [0.4, 0.5) is 0 Å². The zero-order valence-electron chi connectivity index (χ0n) is 10.4. The molecule has 1 aliphatic rings. The van der Waals surface area contributed by atoms with Crippen LogP contribution < -0.4 is 5.73 Å². The molecule has 2 unspecified atom stereocenters. The van der Waals surface area contributed by atoms with Crippen molar-refractivity contribution in [3.8, 4) is 0 Å². The van der Waals surface area contributed by atoms with Crippen molar-refractivity contribution in [2.45, 2.75) is 45.1 Å². The van der Waals surface area contributed by atoms with Crippen molar-refractivity contribution in [1.29, 1.82) is 0 Å². The van der Waals surface area contributed by atoms with Crippen molar-refractivity contribution >= 4 is 0 Å². The molecule has 1 aliphatic heterocycles. The number of nitrogens with zero attached hydrogens (tertiary/aromatic N) is 2. The topological polar surface area (TPSA) is 74.2 Å². The van der Waals surface area contributed by atoms with Gasteiger partial charge in [0.1, 0.15) is 0 Å². The minimum absolute atomic E-state index is 0.275. The maximum absolute atomic E-state index is 5.66. The summed E-state index contributed by atoms with van der Waals surface area (Å²) in [7, 11) is 0. The zero-order chi connectivity index (χ0) is 12.1. The summed E-state index contributed by atoms with van der Waals surface area (Å²) in [5.74, 6) is 1.90. The number of rotatable bonds is 6. The molecule has 0 aromatic carbocycles. The van der Waals surface area contributed by atoms with Gasteiger partial charge in [-0.1, -0.05) is 18.5 Å². The fraction of sp³-hybridized carbons (Fsp3) is 0.833. The molecule has 0 spiro atoms. The van der Waals surface area contributed by atoms with Crippen LogP contribution in [0.15, 0.2) is 4.52 Å². The monoisotopic (exact) mass is 239 g/mol. The summed E-state index contributed by atoms with van der Waals surface area (Å²) in [5, 5.41) is 3.99. The molecule has 0 aliphatic carbocycles. The molecule has 0 bridgehead atoms. The van der Waals surface area contributed by atoms with E-state index in [0.29, 0.717) is 18.4 Å². The predicted octanol–water partition coefficient (Wildman–Crippen LogP) is 1.32. The highest BCUT2D eigenvalue weighted by atomic mass is 16.5. The van der Waals surface area contributed by atoms with E-state index in [1.165, 1.54) is 0 Å². The third kappa shape index (κ3) is 3.51.